The zero-order valence-electron chi connectivity index (χ0n) is 14.7. The molecule has 2 aromatic heterocycles. The number of esters is 1. The molecule has 2 rings (SSSR count). The lowest BCUT2D eigenvalue weighted by Gasteiger charge is -2.19. The van der Waals surface area contributed by atoms with Gasteiger partial charge >= 0.3 is 5.97 Å². The summed E-state index contributed by atoms with van der Waals surface area (Å²) in [5, 5.41) is 5.49. The molecule has 2 heterocycles. The van der Waals surface area contributed by atoms with Crippen molar-refractivity contribution < 1.29 is 18.7 Å². The number of thiazole rings is 1. The van der Waals surface area contributed by atoms with Crippen molar-refractivity contribution in [2.75, 3.05) is 7.11 Å². The Kier molecular flexibility index (Phi) is 6.08. The van der Waals surface area contributed by atoms with Gasteiger partial charge < -0.3 is 14.5 Å². The van der Waals surface area contributed by atoms with Gasteiger partial charge in [-0.3, -0.25) is 4.79 Å². The van der Waals surface area contributed by atoms with Crippen molar-refractivity contribution in [2.24, 2.45) is 5.92 Å². The van der Waals surface area contributed by atoms with E-state index >= 15 is 0 Å². The van der Waals surface area contributed by atoms with Crippen LogP contribution in [0.3, 0.4) is 0 Å². The van der Waals surface area contributed by atoms with E-state index < -0.39 is 5.97 Å². The van der Waals surface area contributed by atoms with E-state index in [4.69, 9.17) is 4.42 Å². The van der Waals surface area contributed by atoms with Gasteiger partial charge in [-0.2, -0.15) is 0 Å². The SMILES string of the molecule is C=CCC(=O)N[C@H](c1nc(-c2nc(C(=O)OC)c(C)o2)cs1)C(C)C. The molecule has 0 saturated carbocycles. The number of carbonyl (C=O) groups is 2. The molecule has 0 spiro atoms. The molecular formula is C17H21N3O4S. The smallest absolute Gasteiger partial charge is 0.360 e. The van der Waals surface area contributed by atoms with Crippen molar-refractivity contribution in [3.05, 3.63) is 34.5 Å². The van der Waals surface area contributed by atoms with Gasteiger partial charge in [-0.15, -0.1) is 17.9 Å². The Hall–Kier alpha value is -2.48. The summed E-state index contributed by atoms with van der Waals surface area (Å²) < 4.78 is 10.2. The summed E-state index contributed by atoms with van der Waals surface area (Å²) in [6.45, 7) is 9.22. The Balaban J connectivity index is 2.27. The van der Waals surface area contributed by atoms with Gasteiger partial charge in [-0.25, -0.2) is 14.8 Å². The first-order valence-corrected chi connectivity index (χ1v) is 8.67. The number of nitrogens with zero attached hydrogens (tertiary/aromatic N) is 2. The van der Waals surface area contributed by atoms with Crippen LogP contribution < -0.4 is 5.32 Å². The van der Waals surface area contributed by atoms with E-state index in [0.717, 1.165) is 5.01 Å². The van der Waals surface area contributed by atoms with Crippen LogP contribution in [0.1, 0.15) is 47.6 Å². The first kappa shape index (κ1) is 18.9. The van der Waals surface area contributed by atoms with Gasteiger partial charge in [0.2, 0.25) is 11.8 Å². The lowest BCUT2D eigenvalue weighted by atomic mass is 10.1. The fraction of sp³-hybridized carbons (Fsp3) is 0.412. The topological polar surface area (TPSA) is 94.3 Å². The number of aryl methyl sites for hydroxylation is 1. The summed E-state index contributed by atoms with van der Waals surface area (Å²) >= 11 is 1.40. The molecule has 1 atom stereocenters. The molecule has 1 N–H and O–H groups in total. The number of aromatic nitrogens is 2. The predicted molar refractivity (Wildman–Crippen MR) is 94.2 cm³/mol. The van der Waals surface area contributed by atoms with Crippen molar-refractivity contribution >= 4 is 23.2 Å². The summed E-state index contributed by atoms with van der Waals surface area (Å²) in [6.07, 6.45) is 1.81. The minimum absolute atomic E-state index is 0.106. The molecule has 8 heteroatoms. The van der Waals surface area contributed by atoms with Gasteiger partial charge in [0.1, 0.15) is 16.5 Å². The summed E-state index contributed by atoms with van der Waals surface area (Å²) in [4.78, 5) is 32.2. The molecule has 1 amide bonds. The zero-order chi connectivity index (χ0) is 18.6. The fourth-order valence-corrected chi connectivity index (χ4v) is 3.21. The van der Waals surface area contributed by atoms with E-state index in [0.29, 0.717) is 11.5 Å². The molecule has 0 radical (unpaired) electrons. The lowest BCUT2D eigenvalue weighted by molar-refractivity contribution is -0.121. The van der Waals surface area contributed by atoms with E-state index in [2.05, 4.69) is 26.6 Å². The number of oxazole rings is 1. The molecule has 0 aromatic carbocycles. The number of hydrogen-bond acceptors (Lipinski definition) is 7. The van der Waals surface area contributed by atoms with E-state index in [1.54, 1.807) is 18.4 Å². The number of nitrogens with one attached hydrogen (secondary N) is 1. The van der Waals surface area contributed by atoms with Crippen molar-refractivity contribution in [1.82, 2.24) is 15.3 Å². The first-order chi connectivity index (χ1) is 11.9. The maximum absolute atomic E-state index is 11.9. The molecule has 2 aromatic rings. The Morgan fingerprint density at radius 2 is 2.16 bits per heavy atom. The molecular weight excluding hydrogens is 342 g/mol. The summed E-state index contributed by atoms with van der Waals surface area (Å²) in [7, 11) is 1.29. The molecule has 0 unspecified atom stereocenters. The number of ether oxygens (including phenoxy) is 1. The highest BCUT2D eigenvalue weighted by Gasteiger charge is 2.24. The van der Waals surface area contributed by atoms with Gasteiger partial charge in [0.15, 0.2) is 5.69 Å². The Bertz CT molecular complexity index is 779. The highest BCUT2D eigenvalue weighted by atomic mass is 32.1. The molecule has 134 valence electrons. The van der Waals surface area contributed by atoms with Gasteiger partial charge in [-0.05, 0) is 12.8 Å². The Morgan fingerprint density at radius 3 is 2.76 bits per heavy atom. The third kappa shape index (κ3) is 4.33. The standard InChI is InChI=1S/C17H21N3O4S/c1-6-7-12(21)19-13(9(2)3)16-18-11(8-25-16)15-20-14(10(4)24-15)17(22)23-5/h6,8-9,13H,1,7H2,2-5H3,(H,19,21)/t13-/m0/s1. The Morgan fingerprint density at radius 1 is 1.44 bits per heavy atom. The highest BCUT2D eigenvalue weighted by molar-refractivity contribution is 7.10. The van der Waals surface area contributed by atoms with Gasteiger partial charge in [-0.1, -0.05) is 19.9 Å². The minimum Gasteiger partial charge on any atom is -0.464 e. The van der Waals surface area contributed by atoms with Crippen LogP contribution in [0.25, 0.3) is 11.6 Å². The van der Waals surface area contributed by atoms with E-state index in [-0.39, 0.29) is 35.9 Å². The summed E-state index contributed by atoms with van der Waals surface area (Å²) in [5.74, 6) is 0.117. The van der Waals surface area contributed by atoms with Crippen molar-refractivity contribution in [3.63, 3.8) is 0 Å². The maximum Gasteiger partial charge on any atom is 0.360 e. The van der Waals surface area contributed by atoms with Gasteiger partial charge in [0.05, 0.1) is 13.2 Å². The quantitative estimate of drug-likeness (QED) is 0.599. The van der Waals surface area contributed by atoms with Crippen LogP contribution in [-0.2, 0) is 9.53 Å². The van der Waals surface area contributed by atoms with Crippen LogP contribution in [0.4, 0.5) is 0 Å². The zero-order valence-corrected chi connectivity index (χ0v) is 15.5. The normalized spacial score (nSPS) is 12.0. The third-order valence-electron chi connectivity index (χ3n) is 3.50. The number of methoxy groups -OCH3 is 1. The Labute approximate surface area is 150 Å². The molecule has 0 saturated heterocycles. The highest BCUT2D eigenvalue weighted by Crippen LogP contribution is 2.30. The van der Waals surface area contributed by atoms with E-state index in [1.807, 2.05) is 13.8 Å². The number of amides is 1. The molecule has 0 aliphatic rings. The van der Waals surface area contributed by atoms with Crippen LogP contribution in [0, 0.1) is 12.8 Å². The van der Waals surface area contributed by atoms with Crippen LogP contribution >= 0.6 is 11.3 Å². The second-order valence-electron chi connectivity index (χ2n) is 5.77. The monoisotopic (exact) mass is 363 g/mol. The van der Waals surface area contributed by atoms with E-state index in [1.165, 1.54) is 18.4 Å². The van der Waals surface area contributed by atoms with Crippen LogP contribution in [0.5, 0.6) is 0 Å². The number of hydrogen-bond donors (Lipinski definition) is 1. The van der Waals surface area contributed by atoms with Crippen LogP contribution in [0.2, 0.25) is 0 Å². The summed E-state index contributed by atoms with van der Waals surface area (Å²) in [6, 6.07) is -0.220. The molecule has 7 nitrogen and oxygen atoms in total. The summed E-state index contributed by atoms with van der Waals surface area (Å²) in [5.41, 5.74) is 0.647. The molecule has 25 heavy (non-hydrogen) atoms. The van der Waals surface area contributed by atoms with Crippen molar-refractivity contribution in [3.8, 4) is 11.6 Å². The van der Waals surface area contributed by atoms with E-state index in [9.17, 15) is 9.59 Å². The fourth-order valence-electron chi connectivity index (χ4n) is 2.20. The van der Waals surface area contributed by atoms with Crippen molar-refractivity contribution in [1.29, 1.82) is 0 Å². The second kappa shape index (κ2) is 8.06. The number of carbonyl (C=O) groups excluding carboxylic acids is 2. The average molecular weight is 363 g/mol. The van der Waals surface area contributed by atoms with Crippen LogP contribution in [-0.4, -0.2) is 29.0 Å². The minimum atomic E-state index is -0.556. The largest absolute Gasteiger partial charge is 0.464 e. The molecule has 0 fully saturated rings. The maximum atomic E-state index is 11.9. The molecule has 0 aliphatic heterocycles. The van der Waals surface area contributed by atoms with Crippen molar-refractivity contribution in [2.45, 2.75) is 33.2 Å². The molecule has 0 aliphatic carbocycles. The van der Waals surface area contributed by atoms with Gasteiger partial charge in [0, 0.05) is 11.8 Å². The first-order valence-electron chi connectivity index (χ1n) is 7.79. The van der Waals surface area contributed by atoms with Gasteiger partial charge in [0.25, 0.3) is 0 Å². The average Bonchev–Trinajstić information content (AvgIpc) is 3.18. The van der Waals surface area contributed by atoms with Crippen LogP contribution in [0.15, 0.2) is 22.5 Å². The third-order valence-corrected chi connectivity index (χ3v) is 4.42. The second-order valence-corrected chi connectivity index (χ2v) is 6.66. The number of rotatable bonds is 7. The lowest BCUT2D eigenvalue weighted by Crippen LogP contribution is -2.31. The predicted octanol–water partition coefficient (Wildman–Crippen LogP) is 3.28. The molecule has 0 bridgehead atoms.